The number of ether oxygens (including phenoxy) is 1. The average Bonchev–Trinajstić information content (AvgIpc) is 3.45. The zero-order valence-corrected chi connectivity index (χ0v) is 23.6. The van der Waals surface area contributed by atoms with Crippen LogP contribution in [0.5, 0.6) is 5.75 Å². The molecule has 1 heterocycles. The Balaban J connectivity index is 1.16. The first kappa shape index (κ1) is 26.6. The van der Waals surface area contributed by atoms with Crippen molar-refractivity contribution in [3.05, 3.63) is 23.8 Å². The third-order valence-electron chi connectivity index (χ3n) is 12.4. The molecule has 38 heavy (non-hydrogen) atoms. The lowest BCUT2D eigenvalue weighted by Gasteiger charge is -2.63. The minimum atomic E-state index is -0.392. The summed E-state index contributed by atoms with van der Waals surface area (Å²) < 4.78 is 5.77. The molecule has 4 saturated carbocycles. The van der Waals surface area contributed by atoms with Gasteiger partial charge in [-0.1, -0.05) is 26.8 Å². The number of aliphatic hydroxyl groups is 3. The number of nitrogens with zero attached hydrogens (tertiary/aromatic N) is 1. The van der Waals surface area contributed by atoms with E-state index in [1.807, 2.05) is 25.1 Å². The van der Waals surface area contributed by atoms with Crippen molar-refractivity contribution in [2.24, 2.45) is 46.3 Å². The van der Waals surface area contributed by atoms with Crippen LogP contribution in [0.25, 0.3) is 0 Å². The lowest BCUT2D eigenvalue weighted by atomic mass is 9.43. The number of benzene rings is 1. The number of rotatable bonds is 4. The van der Waals surface area contributed by atoms with Gasteiger partial charge in [0.05, 0.1) is 24.0 Å². The van der Waals surface area contributed by atoms with Gasteiger partial charge in [-0.25, -0.2) is 0 Å². The van der Waals surface area contributed by atoms with E-state index in [1.54, 1.807) is 4.90 Å². The Kier molecular flexibility index (Phi) is 6.64. The van der Waals surface area contributed by atoms with Gasteiger partial charge in [0, 0.05) is 6.42 Å². The van der Waals surface area contributed by atoms with E-state index in [1.165, 1.54) is 0 Å². The summed E-state index contributed by atoms with van der Waals surface area (Å²) in [6, 6.07) is 5.98. The monoisotopic (exact) mass is 525 g/mol. The number of hydrogen-bond donors (Lipinski definition) is 3. The molecule has 4 aliphatic carbocycles. The summed E-state index contributed by atoms with van der Waals surface area (Å²) in [5.74, 6) is 2.72. The zero-order chi connectivity index (χ0) is 27.0. The first-order valence-electron chi connectivity index (χ1n) is 15.1. The Bertz CT molecular complexity index is 1080. The van der Waals surface area contributed by atoms with E-state index in [4.69, 9.17) is 4.74 Å². The van der Waals surface area contributed by atoms with Crippen molar-refractivity contribution in [1.82, 2.24) is 0 Å². The number of aliphatic hydroxyl groups excluding tert-OH is 3. The van der Waals surface area contributed by atoms with Gasteiger partial charge in [-0.05, 0) is 122 Å². The Morgan fingerprint density at radius 1 is 1.11 bits per heavy atom. The van der Waals surface area contributed by atoms with Crippen LogP contribution in [-0.4, -0.2) is 46.3 Å². The zero-order valence-electron chi connectivity index (χ0n) is 23.6. The van der Waals surface area contributed by atoms with E-state index >= 15 is 0 Å². The topological polar surface area (TPSA) is 90.2 Å². The summed E-state index contributed by atoms with van der Waals surface area (Å²) in [6.45, 7) is 9.24. The van der Waals surface area contributed by atoms with Crippen LogP contribution in [0, 0.1) is 53.3 Å². The Morgan fingerprint density at radius 3 is 2.68 bits per heavy atom. The number of hydrogen-bond acceptors (Lipinski definition) is 5. The van der Waals surface area contributed by atoms with Crippen molar-refractivity contribution in [2.45, 2.75) is 104 Å². The summed E-state index contributed by atoms with van der Waals surface area (Å²) in [6.07, 6.45) is 6.53. The van der Waals surface area contributed by atoms with E-state index in [0.29, 0.717) is 36.0 Å². The lowest BCUT2D eigenvalue weighted by molar-refractivity contribution is -0.207. The highest BCUT2D eigenvalue weighted by Gasteiger charge is 2.65. The molecule has 6 heteroatoms. The molecule has 5 aliphatic rings. The summed E-state index contributed by atoms with van der Waals surface area (Å²) in [7, 11) is 0. The number of anilines is 1. The molecule has 0 bridgehead atoms. The van der Waals surface area contributed by atoms with Gasteiger partial charge in [-0.2, -0.15) is 0 Å². The smallest absolute Gasteiger partial charge is 0.229 e. The first-order valence-corrected chi connectivity index (χ1v) is 15.1. The summed E-state index contributed by atoms with van der Waals surface area (Å²) >= 11 is 0. The molecule has 0 unspecified atom stereocenters. The van der Waals surface area contributed by atoms with E-state index in [-0.39, 0.29) is 41.6 Å². The maximum atomic E-state index is 13.2. The molecule has 0 spiro atoms. The molecule has 1 amide bonds. The second-order valence-corrected chi connectivity index (χ2v) is 14.1. The number of carbonyl (C=O) groups is 1. The molecule has 11 atom stereocenters. The average molecular weight is 526 g/mol. The van der Waals surface area contributed by atoms with Crippen molar-refractivity contribution in [3.63, 3.8) is 0 Å². The second-order valence-electron chi connectivity index (χ2n) is 14.1. The normalized spacial score (nSPS) is 44.4. The van der Waals surface area contributed by atoms with Crippen molar-refractivity contribution >= 4 is 11.6 Å². The molecule has 0 saturated heterocycles. The minimum Gasteiger partial charge on any atom is -0.470 e. The van der Waals surface area contributed by atoms with Crippen LogP contribution in [-0.2, 0) is 4.79 Å². The Labute approximate surface area is 227 Å². The van der Waals surface area contributed by atoms with Crippen LogP contribution in [0.1, 0.15) is 84.1 Å². The molecular weight excluding hydrogens is 478 g/mol. The predicted molar refractivity (Wildman–Crippen MR) is 147 cm³/mol. The second kappa shape index (κ2) is 9.49. The molecule has 6 nitrogen and oxygen atoms in total. The predicted octanol–water partition coefficient (Wildman–Crippen LogP) is 5.06. The SMILES string of the molecule is Cc1ccc2c(c1)OCN2C(=O)CC[C@@H](C)[C@H]1CC[C@H]2[C@@H]3[C@H](O)C[C@@H]4C[C@H](O)CC[C@]4(C)[C@H]3C[C@H](O)[C@]12C. The van der Waals surface area contributed by atoms with E-state index in [0.717, 1.165) is 68.4 Å². The van der Waals surface area contributed by atoms with Gasteiger partial charge in [0.2, 0.25) is 5.91 Å². The minimum absolute atomic E-state index is 0.0915. The summed E-state index contributed by atoms with van der Waals surface area (Å²) in [5.41, 5.74) is 1.85. The number of carbonyl (C=O) groups excluding carboxylic acids is 1. The summed E-state index contributed by atoms with van der Waals surface area (Å²) in [4.78, 5) is 15.0. The van der Waals surface area contributed by atoms with Crippen LogP contribution >= 0.6 is 0 Å². The Hall–Kier alpha value is -1.63. The molecule has 4 fully saturated rings. The molecule has 1 aromatic carbocycles. The fourth-order valence-electron chi connectivity index (χ4n) is 10.2. The fraction of sp³-hybridized carbons (Fsp3) is 0.781. The fourth-order valence-corrected chi connectivity index (χ4v) is 10.2. The number of aryl methyl sites for hydroxylation is 1. The van der Waals surface area contributed by atoms with Crippen molar-refractivity contribution < 1.29 is 24.9 Å². The molecule has 210 valence electrons. The van der Waals surface area contributed by atoms with E-state index < -0.39 is 6.10 Å². The summed E-state index contributed by atoms with van der Waals surface area (Å²) in [5, 5.41) is 33.6. The van der Waals surface area contributed by atoms with Crippen molar-refractivity contribution in [3.8, 4) is 5.75 Å². The molecule has 1 aliphatic heterocycles. The first-order chi connectivity index (χ1) is 18.0. The van der Waals surface area contributed by atoms with Gasteiger partial charge >= 0.3 is 0 Å². The van der Waals surface area contributed by atoms with Gasteiger partial charge in [0.25, 0.3) is 0 Å². The van der Waals surface area contributed by atoms with Crippen LogP contribution < -0.4 is 9.64 Å². The quantitative estimate of drug-likeness (QED) is 0.512. The third kappa shape index (κ3) is 3.96. The molecule has 1 aromatic rings. The van der Waals surface area contributed by atoms with Crippen LogP contribution in [0.15, 0.2) is 18.2 Å². The van der Waals surface area contributed by atoms with Gasteiger partial charge < -0.3 is 20.1 Å². The van der Waals surface area contributed by atoms with E-state index in [2.05, 4.69) is 20.8 Å². The van der Waals surface area contributed by atoms with Crippen LogP contribution in [0.3, 0.4) is 0 Å². The molecular formula is C32H47NO5. The number of fused-ring (bicyclic) bond motifs is 6. The largest absolute Gasteiger partial charge is 0.470 e. The van der Waals surface area contributed by atoms with Gasteiger partial charge in [0.15, 0.2) is 6.73 Å². The van der Waals surface area contributed by atoms with Crippen LogP contribution in [0.4, 0.5) is 5.69 Å². The lowest BCUT2D eigenvalue weighted by Crippen LogP contribution is -2.62. The molecule has 6 rings (SSSR count). The molecule has 3 N–H and O–H groups in total. The van der Waals surface area contributed by atoms with Crippen molar-refractivity contribution in [2.75, 3.05) is 11.6 Å². The highest BCUT2D eigenvalue weighted by molar-refractivity contribution is 5.95. The highest BCUT2D eigenvalue weighted by Crippen LogP contribution is 2.68. The van der Waals surface area contributed by atoms with Gasteiger partial charge in [0.1, 0.15) is 5.75 Å². The maximum absolute atomic E-state index is 13.2. The molecule has 0 radical (unpaired) electrons. The van der Waals surface area contributed by atoms with E-state index in [9.17, 15) is 20.1 Å². The van der Waals surface area contributed by atoms with Gasteiger partial charge in [-0.15, -0.1) is 0 Å². The standard InChI is InChI=1S/C32H47NO5/c1-18-5-9-25-27(13-18)38-17-33(25)29(37)10-6-19(2)22-7-8-23-30-24(16-28(36)32(22,23)4)31(3)12-11-21(34)14-20(31)15-26(30)35/h5,9,13,19-24,26,28,30,34-36H,6-8,10-12,14-17H2,1-4H3/t19-,20+,21-,22-,23+,24+,26-,28+,30+,31+,32-/m1/s1. The molecule has 0 aromatic heterocycles. The van der Waals surface area contributed by atoms with Crippen LogP contribution in [0.2, 0.25) is 0 Å². The number of amides is 1. The third-order valence-corrected chi connectivity index (χ3v) is 12.4. The van der Waals surface area contributed by atoms with Gasteiger partial charge in [-0.3, -0.25) is 9.69 Å². The Morgan fingerprint density at radius 2 is 1.89 bits per heavy atom. The van der Waals surface area contributed by atoms with Crippen molar-refractivity contribution in [1.29, 1.82) is 0 Å². The highest BCUT2D eigenvalue weighted by atomic mass is 16.5. The maximum Gasteiger partial charge on any atom is 0.229 e.